The van der Waals surface area contributed by atoms with Gasteiger partial charge in [-0.2, -0.15) is 4.42 Å². The lowest BCUT2D eigenvalue weighted by molar-refractivity contribution is 0.414. The first-order valence-corrected chi connectivity index (χ1v) is 5.14. The average molecular weight is 257 g/mol. The van der Waals surface area contributed by atoms with Gasteiger partial charge in [-0.25, -0.2) is 0 Å². The van der Waals surface area contributed by atoms with Gasteiger partial charge in [-0.05, 0) is 17.3 Å². The lowest BCUT2D eigenvalue weighted by Gasteiger charge is -2.21. The molecule has 0 N–H and O–H groups in total. The highest BCUT2D eigenvalue weighted by molar-refractivity contribution is 6.50. The largest absolute Gasteiger partial charge is 0.212 e. The molecule has 1 nitrogen and oxygen atoms in total. The Morgan fingerprint density at radius 2 is 1.85 bits per heavy atom. The molecule has 0 fully saturated rings. The van der Waals surface area contributed by atoms with Crippen LogP contribution in [-0.2, 0) is 4.46 Å². The van der Waals surface area contributed by atoms with E-state index < -0.39 is 9.96 Å². The van der Waals surface area contributed by atoms with Crippen LogP contribution in [0.2, 0.25) is 0 Å². The van der Waals surface area contributed by atoms with E-state index in [1.54, 1.807) is 0 Å². The standard InChI is InChI=1S/C8H5Cl4N/c9-7-5-3-1-2-4-6(5)8(10,11)13(7)12/h1-4,7H. The van der Waals surface area contributed by atoms with Gasteiger partial charge in [0.1, 0.15) is 5.50 Å². The number of hydrogen-bond acceptors (Lipinski definition) is 1. The van der Waals surface area contributed by atoms with E-state index in [-0.39, 0.29) is 0 Å². The van der Waals surface area contributed by atoms with Gasteiger partial charge in [-0.1, -0.05) is 59.1 Å². The summed E-state index contributed by atoms with van der Waals surface area (Å²) in [5.74, 6) is 0. The second-order valence-corrected chi connectivity index (χ2v) is 4.84. The van der Waals surface area contributed by atoms with Gasteiger partial charge in [0.25, 0.3) is 0 Å². The van der Waals surface area contributed by atoms with Crippen molar-refractivity contribution in [3.8, 4) is 0 Å². The van der Waals surface area contributed by atoms with Gasteiger partial charge in [0.2, 0.25) is 4.46 Å². The zero-order valence-corrected chi connectivity index (χ0v) is 9.37. The summed E-state index contributed by atoms with van der Waals surface area (Å²) in [5.41, 5.74) is 1.12. The van der Waals surface area contributed by atoms with Gasteiger partial charge in [0.15, 0.2) is 0 Å². The second kappa shape index (κ2) is 3.18. The Balaban J connectivity index is 2.61. The smallest absolute Gasteiger partial charge is 0.160 e. The maximum atomic E-state index is 6.02. The number of fused-ring (bicyclic) bond motifs is 1. The maximum Gasteiger partial charge on any atom is 0.212 e. The lowest BCUT2D eigenvalue weighted by Crippen LogP contribution is -2.22. The van der Waals surface area contributed by atoms with E-state index in [0.29, 0.717) is 0 Å². The van der Waals surface area contributed by atoms with E-state index in [1.807, 2.05) is 24.3 Å². The molecular formula is C8H5Cl4N. The minimum Gasteiger partial charge on any atom is -0.160 e. The Bertz CT molecular complexity index is 339. The summed E-state index contributed by atoms with van der Waals surface area (Å²) in [7, 11) is 0. The summed E-state index contributed by atoms with van der Waals surface area (Å²) >= 11 is 23.9. The van der Waals surface area contributed by atoms with Crippen molar-refractivity contribution < 1.29 is 0 Å². The molecule has 13 heavy (non-hydrogen) atoms. The van der Waals surface area contributed by atoms with Gasteiger partial charge in [0, 0.05) is 5.56 Å². The zero-order valence-electron chi connectivity index (χ0n) is 6.35. The maximum absolute atomic E-state index is 6.02. The van der Waals surface area contributed by atoms with Crippen LogP contribution in [-0.4, -0.2) is 4.42 Å². The zero-order chi connectivity index (χ0) is 9.64. The highest BCUT2D eigenvalue weighted by Gasteiger charge is 2.47. The molecule has 0 aromatic heterocycles. The van der Waals surface area contributed by atoms with E-state index in [4.69, 9.17) is 46.6 Å². The van der Waals surface area contributed by atoms with Crippen LogP contribution in [0.3, 0.4) is 0 Å². The van der Waals surface area contributed by atoms with Crippen LogP contribution in [0.5, 0.6) is 0 Å². The molecule has 1 atom stereocenters. The average Bonchev–Trinajstić information content (AvgIpc) is 2.30. The number of rotatable bonds is 0. The van der Waals surface area contributed by atoms with Crippen molar-refractivity contribution in [1.82, 2.24) is 4.42 Å². The van der Waals surface area contributed by atoms with Crippen LogP contribution >= 0.6 is 46.6 Å². The molecular weight excluding hydrogens is 252 g/mol. The fourth-order valence-corrected chi connectivity index (χ4v) is 2.53. The number of halogens is 4. The summed E-state index contributed by atoms with van der Waals surface area (Å²) in [5, 5.41) is 0. The molecule has 2 rings (SSSR count). The Kier molecular flexibility index (Phi) is 2.42. The number of hydrogen-bond donors (Lipinski definition) is 0. The number of benzene rings is 1. The number of nitrogens with zero attached hydrogens (tertiary/aromatic N) is 1. The molecule has 0 bridgehead atoms. The van der Waals surface area contributed by atoms with E-state index in [9.17, 15) is 0 Å². The summed E-state index contributed by atoms with van der Waals surface area (Å²) in [6.45, 7) is 0. The van der Waals surface area contributed by atoms with Gasteiger partial charge in [-0.15, -0.1) is 0 Å². The minimum absolute atomic E-state index is 0.479. The van der Waals surface area contributed by atoms with Crippen LogP contribution in [0.25, 0.3) is 0 Å². The summed E-state index contributed by atoms with van der Waals surface area (Å²) in [4.78, 5) is 0. The Morgan fingerprint density at radius 1 is 1.23 bits per heavy atom. The molecule has 0 saturated carbocycles. The monoisotopic (exact) mass is 255 g/mol. The Morgan fingerprint density at radius 3 is 2.46 bits per heavy atom. The van der Waals surface area contributed by atoms with Crippen molar-refractivity contribution in [3.63, 3.8) is 0 Å². The fourth-order valence-electron chi connectivity index (χ4n) is 1.36. The first-order chi connectivity index (χ1) is 6.05. The lowest BCUT2D eigenvalue weighted by atomic mass is 10.1. The highest BCUT2D eigenvalue weighted by atomic mass is 35.5. The summed E-state index contributed by atoms with van der Waals surface area (Å²) in [6.07, 6.45) is 0. The van der Waals surface area contributed by atoms with Crippen molar-refractivity contribution in [2.45, 2.75) is 9.96 Å². The first-order valence-electron chi connectivity index (χ1n) is 3.61. The molecule has 1 aromatic carbocycles. The molecule has 1 aromatic rings. The topological polar surface area (TPSA) is 3.24 Å². The third-order valence-electron chi connectivity index (χ3n) is 2.01. The molecule has 1 aliphatic heterocycles. The predicted octanol–water partition coefficient (Wildman–Crippen LogP) is 3.98. The predicted molar refractivity (Wildman–Crippen MR) is 56.1 cm³/mol. The van der Waals surface area contributed by atoms with E-state index in [2.05, 4.69) is 0 Å². The molecule has 5 heteroatoms. The van der Waals surface area contributed by atoms with Gasteiger partial charge >= 0.3 is 0 Å². The fraction of sp³-hybridized carbons (Fsp3) is 0.250. The van der Waals surface area contributed by atoms with Crippen molar-refractivity contribution in [2.75, 3.05) is 0 Å². The van der Waals surface area contributed by atoms with E-state index in [1.165, 1.54) is 4.42 Å². The van der Waals surface area contributed by atoms with Crippen LogP contribution in [0.1, 0.15) is 16.6 Å². The van der Waals surface area contributed by atoms with Gasteiger partial charge in [0.05, 0.1) is 0 Å². The third kappa shape index (κ3) is 1.34. The molecule has 0 saturated heterocycles. The SMILES string of the molecule is ClC1c2ccccc2C(Cl)(Cl)N1Cl. The molecule has 1 unspecified atom stereocenters. The third-order valence-corrected chi connectivity index (χ3v) is 3.93. The molecule has 0 aliphatic carbocycles. The minimum atomic E-state index is -1.23. The second-order valence-electron chi connectivity index (χ2n) is 2.78. The number of alkyl halides is 3. The van der Waals surface area contributed by atoms with Crippen LogP contribution in [0, 0.1) is 0 Å². The normalized spacial score (nSPS) is 26.0. The highest BCUT2D eigenvalue weighted by Crippen LogP contribution is 2.53. The Hall–Kier alpha value is 0.340. The van der Waals surface area contributed by atoms with Crippen molar-refractivity contribution in [1.29, 1.82) is 0 Å². The molecule has 0 spiro atoms. The van der Waals surface area contributed by atoms with Gasteiger partial charge in [-0.3, -0.25) is 0 Å². The van der Waals surface area contributed by atoms with Crippen LogP contribution < -0.4 is 0 Å². The molecule has 0 radical (unpaired) electrons. The summed E-state index contributed by atoms with van der Waals surface area (Å²) < 4.78 is -0.0348. The molecule has 1 heterocycles. The Labute approximate surface area is 96.2 Å². The molecule has 0 amide bonds. The van der Waals surface area contributed by atoms with E-state index in [0.717, 1.165) is 11.1 Å². The van der Waals surface area contributed by atoms with Crippen molar-refractivity contribution in [3.05, 3.63) is 35.4 Å². The first kappa shape index (κ1) is 9.88. The van der Waals surface area contributed by atoms with Crippen molar-refractivity contribution in [2.24, 2.45) is 0 Å². The molecule has 70 valence electrons. The van der Waals surface area contributed by atoms with Crippen molar-refractivity contribution >= 4 is 46.6 Å². The molecule has 1 aliphatic rings. The van der Waals surface area contributed by atoms with Crippen LogP contribution in [0.4, 0.5) is 0 Å². The van der Waals surface area contributed by atoms with Gasteiger partial charge < -0.3 is 0 Å². The van der Waals surface area contributed by atoms with Crippen LogP contribution in [0.15, 0.2) is 24.3 Å². The quantitative estimate of drug-likeness (QED) is 0.386. The summed E-state index contributed by atoms with van der Waals surface area (Å²) in [6, 6.07) is 7.38. The van der Waals surface area contributed by atoms with E-state index >= 15 is 0 Å².